The molecule has 0 saturated carbocycles. The Bertz CT molecular complexity index is 728. The third kappa shape index (κ3) is 1.85. The van der Waals surface area contributed by atoms with E-state index in [0.29, 0.717) is 11.3 Å². The van der Waals surface area contributed by atoms with Crippen LogP contribution < -0.4 is 0 Å². The van der Waals surface area contributed by atoms with Crippen LogP contribution in [0.5, 0.6) is 0 Å². The first-order valence-corrected chi connectivity index (χ1v) is 6.76. The molecular weight excluding hydrogens is 322 g/mol. The van der Waals surface area contributed by atoms with Crippen LogP contribution in [0.25, 0.3) is 21.7 Å². The molecule has 1 N–H and O–H groups in total. The molecule has 92 valence electrons. The molecule has 0 saturated heterocycles. The summed E-state index contributed by atoms with van der Waals surface area (Å²) in [6, 6.07) is 4.02. The van der Waals surface area contributed by atoms with Crippen molar-refractivity contribution < 1.29 is 8.78 Å². The lowest BCUT2D eigenvalue weighted by Gasteiger charge is -1.90. The maximum Gasteiger partial charge on any atom is 0.153 e. The molecule has 18 heavy (non-hydrogen) atoms. The molecule has 0 aliphatic carbocycles. The van der Waals surface area contributed by atoms with Gasteiger partial charge in [-0.15, -0.1) is 11.3 Å². The van der Waals surface area contributed by atoms with Gasteiger partial charge in [0.25, 0.3) is 0 Å². The van der Waals surface area contributed by atoms with E-state index < -0.39 is 11.6 Å². The number of benzene rings is 1. The Morgan fingerprint density at radius 2 is 2.06 bits per heavy atom. The van der Waals surface area contributed by atoms with Crippen molar-refractivity contribution in [3.63, 3.8) is 0 Å². The van der Waals surface area contributed by atoms with Crippen LogP contribution in [0, 0.1) is 18.6 Å². The van der Waals surface area contributed by atoms with Gasteiger partial charge in [0, 0.05) is 6.07 Å². The van der Waals surface area contributed by atoms with E-state index in [9.17, 15) is 8.78 Å². The number of thiophene rings is 1. The third-order valence-electron chi connectivity index (χ3n) is 2.60. The van der Waals surface area contributed by atoms with E-state index in [1.807, 2.05) is 13.0 Å². The average Bonchev–Trinajstić information content (AvgIpc) is 2.84. The van der Waals surface area contributed by atoms with E-state index in [2.05, 4.69) is 25.9 Å². The van der Waals surface area contributed by atoms with Gasteiger partial charge in [-0.3, -0.25) is 0 Å². The minimum atomic E-state index is -0.653. The Morgan fingerprint density at radius 1 is 1.28 bits per heavy atom. The van der Waals surface area contributed by atoms with Gasteiger partial charge in [0.05, 0.1) is 14.2 Å². The SMILES string of the molecule is Cc1cc(-c2nc3c(F)cc(F)cc3[nH]2)sc1Br. The highest BCUT2D eigenvalue weighted by Gasteiger charge is 2.13. The van der Waals surface area contributed by atoms with Gasteiger partial charge in [-0.1, -0.05) is 0 Å². The molecule has 0 aliphatic heterocycles. The highest BCUT2D eigenvalue weighted by molar-refractivity contribution is 9.11. The summed E-state index contributed by atoms with van der Waals surface area (Å²) in [5, 5.41) is 0. The van der Waals surface area contributed by atoms with E-state index in [-0.39, 0.29) is 5.52 Å². The highest BCUT2D eigenvalue weighted by atomic mass is 79.9. The molecule has 0 fully saturated rings. The van der Waals surface area contributed by atoms with Gasteiger partial charge in [-0.2, -0.15) is 0 Å². The van der Waals surface area contributed by atoms with Crippen molar-refractivity contribution in [2.45, 2.75) is 6.92 Å². The summed E-state index contributed by atoms with van der Waals surface area (Å²) in [4.78, 5) is 7.99. The monoisotopic (exact) mass is 328 g/mol. The van der Waals surface area contributed by atoms with E-state index in [4.69, 9.17) is 0 Å². The van der Waals surface area contributed by atoms with Crippen LogP contribution in [0.3, 0.4) is 0 Å². The summed E-state index contributed by atoms with van der Waals surface area (Å²) in [5.74, 6) is -0.716. The van der Waals surface area contributed by atoms with Gasteiger partial charge in [-0.25, -0.2) is 13.8 Å². The average molecular weight is 329 g/mol. The number of aromatic amines is 1. The molecule has 6 heteroatoms. The van der Waals surface area contributed by atoms with Crippen LogP contribution >= 0.6 is 27.3 Å². The van der Waals surface area contributed by atoms with E-state index in [0.717, 1.165) is 20.3 Å². The van der Waals surface area contributed by atoms with Crippen LogP contribution in [-0.4, -0.2) is 9.97 Å². The summed E-state index contributed by atoms with van der Waals surface area (Å²) in [6.45, 7) is 1.97. The molecule has 2 aromatic heterocycles. The summed E-state index contributed by atoms with van der Waals surface area (Å²) in [7, 11) is 0. The van der Waals surface area contributed by atoms with Gasteiger partial charge >= 0.3 is 0 Å². The first-order chi connectivity index (χ1) is 8.54. The fourth-order valence-electron chi connectivity index (χ4n) is 1.74. The van der Waals surface area contributed by atoms with Crippen LogP contribution in [0.4, 0.5) is 8.78 Å². The van der Waals surface area contributed by atoms with Crippen molar-refractivity contribution in [2.24, 2.45) is 0 Å². The topological polar surface area (TPSA) is 28.7 Å². The maximum absolute atomic E-state index is 13.5. The molecule has 2 nitrogen and oxygen atoms in total. The molecule has 2 heterocycles. The van der Waals surface area contributed by atoms with Gasteiger partial charge < -0.3 is 4.98 Å². The number of halogens is 3. The second-order valence-corrected chi connectivity index (χ2v) is 6.31. The number of nitrogens with zero attached hydrogens (tertiary/aromatic N) is 1. The van der Waals surface area contributed by atoms with Gasteiger partial charge in [0.2, 0.25) is 0 Å². The Morgan fingerprint density at radius 3 is 2.72 bits per heavy atom. The minimum Gasteiger partial charge on any atom is -0.337 e. The van der Waals surface area contributed by atoms with Crippen LogP contribution in [-0.2, 0) is 0 Å². The Balaban J connectivity index is 2.22. The maximum atomic E-state index is 13.5. The van der Waals surface area contributed by atoms with Crippen molar-refractivity contribution in [3.8, 4) is 10.7 Å². The number of aryl methyl sites for hydroxylation is 1. The van der Waals surface area contributed by atoms with E-state index >= 15 is 0 Å². The van der Waals surface area contributed by atoms with E-state index in [1.165, 1.54) is 17.4 Å². The lowest BCUT2D eigenvalue weighted by atomic mass is 10.3. The first-order valence-electron chi connectivity index (χ1n) is 5.15. The number of nitrogens with one attached hydrogen (secondary N) is 1. The summed E-state index contributed by atoms with van der Waals surface area (Å²) >= 11 is 4.93. The Hall–Kier alpha value is -1.27. The van der Waals surface area contributed by atoms with Crippen molar-refractivity contribution in [3.05, 3.63) is 39.2 Å². The Kier molecular flexibility index (Phi) is 2.71. The molecule has 0 unspecified atom stereocenters. The normalized spacial score (nSPS) is 11.3. The zero-order valence-corrected chi connectivity index (χ0v) is 11.6. The predicted molar refractivity (Wildman–Crippen MR) is 71.8 cm³/mol. The van der Waals surface area contributed by atoms with Gasteiger partial charge in [-0.05, 0) is 40.5 Å². The fraction of sp³-hybridized carbons (Fsp3) is 0.0833. The standard InChI is InChI=1S/C12H7BrF2N2S/c1-5-2-9(18-11(5)13)12-16-8-4-6(14)3-7(15)10(8)17-12/h2-4H,1H3,(H,16,17). The summed E-state index contributed by atoms with van der Waals surface area (Å²) in [5.41, 5.74) is 1.61. The smallest absolute Gasteiger partial charge is 0.153 e. The lowest BCUT2D eigenvalue weighted by molar-refractivity contribution is 0.591. The van der Waals surface area contributed by atoms with Crippen molar-refractivity contribution in [1.82, 2.24) is 9.97 Å². The quantitative estimate of drug-likeness (QED) is 0.692. The molecule has 3 rings (SSSR count). The highest BCUT2D eigenvalue weighted by Crippen LogP contribution is 2.34. The zero-order chi connectivity index (χ0) is 12.9. The first kappa shape index (κ1) is 11.8. The molecule has 0 amide bonds. The molecule has 0 radical (unpaired) electrons. The van der Waals surface area contributed by atoms with Crippen LogP contribution in [0.1, 0.15) is 5.56 Å². The van der Waals surface area contributed by atoms with Crippen LogP contribution in [0.2, 0.25) is 0 Å². The summed E-state index contributed by atoms with van der Waals surface area (Å²) in [6.07, 6.45) is 0. The number of hydrogen-bond acceptors (Lipinski definition) is 2. The molecule has 0 bridgehead atoms. The van der Waals surface area contributed by atoms with Crippen molar-refractivity contribution in [1.29, 1.82) is 0 Å². The van der Waals surface area contributed by atoms with Gasteiger partial charge in [0.1, 0.15) is 17.2 Å². The molecule has 3 aromatic rings. The third-order valence-corrected chi connectivity index (χ3v) is 4.74. The predicted octanol–water partition coefficient (Wildman–Crippen LogP) is 4.64. The van der Waals surface area contributed by atoms with Crippen molar-refractivity contribution in [2.75, 3.05) is 0 Å². The number of rotatable bonds is 1. The fourth-order valence-corrected chi connectivity index (χ4v) is 3.22. The van der Waals surface area contributed by atoms with Crippen molar-refractivity contribution >= 4 is 38.3 Å². The molecular formula is C12H7BrF2N2S. The number of H-pyrrole nitrogens is 1. The van der Waals surface area contributed by atoms with Gasteiger partial charge in [0.15, 0.2) is 5.82 Å². The molecule has 0 atom stereocenters. The molecule has 1 aromatic carbocycles. The van der Waals surface area contributed by atoms with Crippen LogP contribution in [0.15, 0.2) is 22.0 Å². The largest absolute Gasteiger partial charge is 0.337 e. The molecule has 0 spiro atoms. The van der Waals surface area contributed by atoms with E-state index in [1.54, 1.807) is 0 Å². The Labute approximate surface area is 114 Å². The second-order valence-electron chi connectivity index (χ2n) is 3.94. The number of aromatic nitrogens is 2. The lowest BCUT2D eigenvalue weighted by Crippen LogP contribution is -1.81. The number of imidazole rings is 1. The second kappa shape index (κ2) is 4.13. The summed E-state index contributed by atoms with van der Waals surface area (Å²) < 4.78 is 27.6. The molecule has 0 aliphatic rings. The minimum absolute atomic E-state index is 0.161. The zero-order valence-electron chi connectivity index (χ0n) is 9.22. The number of hydrogen-bond donors (Lipinski definition) is 1. The number of fused-ring (bicyclic) bond motifs is 1.